The van der Waals surface area contributed by atoms with E-state index in [2.05, 4.69) is 29.2 Å². The summed E-state index contributed by atoms with van der Waals surface area (Å²) >= 11 is 0. The standard InChI is InChI=1S/C16H28N4O2/c1-4-11(2)14(17)16-19-13(10-22-16)15(21)18-8-7-12-6-5-9-20(12)3/h10-12,14H,4-9,17H2,1-3H3,(H,18,21). The molecule has 1 aliphatic heterocycles. The number of nitrogens with zero attached hydrogens (tertiary/aromatic N) is 2. The fraction of sp³-hybridized carbons (Fsp3) is 0.750. The zero-order chi connectivity index (χ0) is 16.1. The highest BCUT2D eigenvalue weighted by Crippen LogP contribution is 2.21. The lowest BCUT2D eigenvalue weighted by Crippen LogP contribution is -2.32. The summed E-state index contributed by atoms with van der Waals surface area (Å²) in [6, 6.07) is 0.311. The maximum atomic E-state index is 12.1. The van der Waals surface area contributed by atoms with Crippen molar-refractivity contribution in [2.45, 2.75) is 51.6 Å². The summed E-state index contributed by atoms with van der Waals surface area (Å²) < 4.78 is 5.36. The van der Waals surface area contributed by atoms with E-state index >= 15 is 0 Å². The third-order valence-electron chi connectivity index (χ3n) is 4.73. The van der Waals surface area contributed by atoms with Crippen molar-refractivity contribution in [3.8, 4) is 0 Å². The molecule has 2 heterocycles. The van der Waals surface area contributed by atoms with Gasteiger partial charge in [0, 0.05) is 12.6 Å². The van der Waals surface area contributed by atoms with E-state index in [9.17, 15) is 4.79 Å². The van der Waals surface area contributed by atoms with E-state index < -0.39 is 0 Å². The Bertz CT molecular complexity index is 488. The maximum Gasteiger partial charge on any atom is 0.273 e. The second-order valence-corrected chi connectivity index (χ2v) is 6.30. The predicted octanol–water partition coefficient (Wildman–Crippen LogP) is 1.93. The molecule has 1 fully saturated rings. The Hall–Kier alpha value is -1.40. The smallest absolute Gasteiger partial charge is 0.273 e. The van der Waals surface area contributed by atoms with E-state index in [1.165, 1.54) is 19.1 Å². The van der Waals surface area contributed by atoms with Gasteiger partial charge in [-0.2, -0.15) is 0 Å². The van der Waals surface area contributed by atoms with Crippen LogP contribution in [0.3, 0.4) is 0 Å². The topological polar surface area (TPSA) is 84.4 Å². The lowest BCUT2D eigenvalue weighted by molar-refractivity contribution is 0.0945. The number of nitrogens with one attached hydrogen (secondary N) is 1. The number of hydrogen-bond donors (Lipinski definition) is 2. The van der Waals surface area contributed by atoms with Gasteiger partial charge in [-0.05, 0) is 38.8 Å². The maximum absolute atomic E-state index is 12.1. The summed E-state index contributed by atoms with van der Waals surface area (Å²) in [5, 5.41) is 2.91. The molecule has 3 atom stereocenters. The number of aromatic nitrogens is 1. The number of oxazole rings is 1. The summed E-state index contributed by atoms with van der Waals surface area (Å²) in [5.74, 6) is 0.523. The molecule has 3 N–H and O–H groups in total. The number of amides is 1. The van der Waals surface area contributed by atoms with E-state index in [-0.39, 0.29) is 17.9 Å². The molecule has 6 heteroatoms. The van der Waals surface area contributed by atoms with Crippen LogP contribution in [0.1, 0.15) is 62.0 Å². The zero-order valence-electron chi connectivity index (χ0n) is 13.8. The molecule has 1 saturated heterocycles. The van der Waals surface area contributed by atoms with Crippen LogP contribution in [-0.4, -0.2) is 42.0 Å². The average molecular weight is 308 g/mol. The predicted molar refractivity (Wildman–Crippen MR) is 85.5 cm³/mol. The van der Waals surface area contributed by atoms with Crippen LogP contribution in [0.5, 0.6) is 0 Å². The molecule has 124 valence electrons. The van der Waals surface area contributed by atoms with E-state index in [4.69, 9.17) is 10.2 Å². The van der Waals surface area contributed by atoms with Gasteiger partial charge in [-0.1, -0.05) is 20.3 Å². The van der Waals surface area contributed by atoms with Gasteiger partial charge >= 0.3 is 0 Å². The molecule has 0 saturated carbocycles. The van der Waals surface area contributed by atoms with E-state index in [1.54, 1.807) is 0 Å². The van der Waals surface area contributed by atoms with Crippen molar-refractivity contribution in [1.82, 2.24) is 15.2 Å². The van der Waals surface area contributed by atoms with Gasteiger partial charge in [0.2, 0.25) is 5.89 Å². The highest BCUT2D eigenvalue weighted by atomic mass is 16.3. The molecule has 1 amide bonds. The normalized spacial score (nSPS) is 21.7. The minimum Gasteiger partial charge on any atom is -0.446 e. The minimum atomic E-state index is -0.265. The van der Waals surface area contributed by atoms with Crippen molar-refractivity contribution < 1.29 is 9.21 Å². The van der Waals surface area contributed by atoms with Crippen LogP contribution in [0, 0.1) is 5.92 Å². The Morgan fingerprint density at radius 3 is 3.05 bits per heavy atom. The molecule has 1 aromatic heterocycles. The average Bonchev–Trinajstić information content (AvgIpc) is 3.15. The number of nitrogens with two attached hydrogens (primary N) is 1. The van der Waals surface area contributed by atoms with E-state index in [0.29, 0.717) is 24.2 Å². The summed E-state index contributed by atoms with van der Waals surface area (Å²) in [4.78, 5) is 18.7. The molecule has 1 aliphatic rings. The third-order valence-corrected chi connectivity index (χ3v) is 4.73. The van der Waals surface area contributed by atoms with Gasteiger partial charge in [0.15, 0.2) is 5.69 Å². The quantitative estimate of drug-likeness (QED) is 0.804. The van der Waals surface area contributed by atoms with Gasteiger partial charge < -0.3 is 20.4 Å². The zero-order valence-corrected chi connectivity index (χ0v) is 13.8. The van der Waals surface area contributed by atoms with Gasteiger partial charge in [0.05, 0.1) is 6.04 Å². The second kappa shape index (κ2) is 7.74. The molecule has 3 unspecified atom stereocenters. The van der Waals surface area contributed by atoms with Crippen molar-refractivity contribution in [2.24, 2.45) is 11.7 Å². The van der Waals surface area contributed by atoms with Gasteiger partial charge in [-0.15, -0.1) is 0 Å². The van der Waals surface area contributed by atoms with Crippen LogP contribution >= 0.6 is 0 Å². The lowest BCUT2D eigenvalue weighted by atomic mass is 10.0. The first-order valence-electron chi connectivity index (χ1n) is 8.22. The first-order valence-corrected chi connectivity index (χ1v) is 8.22. The molecule has 0 bridgehead atoms. The van der Waals surface area contributed by atoms with Crippen LogP contribution in [0.15, 0.2) is 10.7 Å². The van der Waals surface area contributed by atoms with Crippen molar-refractivity contribution in [3.63, 3.8) is 0 Å². The SMILES string of the molecule is CCC(C)C(N)c1nc(C(=O)NCCC2CCCN2C)co1. The van der Waals surface area contributed by atoms with Crippen molar-refractivity contribution in [1.29, 1.82) is 0 Å². The van der Waals surface area contributed by atoms with E-state index in [1.807, 2.05) is 6.92 Å². The first kappa shape index (κ1) is 17.0. The molecule has 22 heavy (non-hydrogen) atoms. The molecule has 1 aromatic rings. The molecule has 0 radical (unpaired) electrons. The Balaban J connectivity index is 1.81. The monoisotopic (exact) mass is 308 g/mol. The molecular formula is C16H28N4O2. The Kier molecular flexibility index (Phi) is 5.97. The number of carbonyl (C=O) groups is 1. The molecule has 0 aliphatic carbocycles. The van der Waals surface area contributed by atoms with Gasteiger partial charge in [0.25, 0.3) is 5.91 Å². The number of likely N-dealkylation sites (tertiary alicyclic amines) is 1. The van der Waals surface area contributed by atoms with Crippen LogP contribution in [0.25, 0.3) is 0 Å². The molecule has 0 spiro atoms. The Labute approximate surface area is 132 Å². The molecule has 0 aromatic carbocycles. The summed E-state index contributed by atoms with van der Waals surface area (Å²) in [5.41, 5.74) is 6.38. The molecule has 6 nitrogen and oxygen atoms in total. The lowest BCUT2D eigenvalue weighted by Gasteiger charge is -2.19. The number of rotatable bonds is 7. The van der Waals surface area contributed by atoms with Crippen molar-refractivity contribution in [3.05, 3.63) is 17.8 Å². The first-order chi connectivity index (χ1) is 10.5. The number of carbonyl (C=O) groups excluding carboxylic acids is 1. The largest absolute Gasteiger partial charge is 0.446 e. The second-order valence-electron chi connectivity index (χ2n) is 6.30. The molecular weight excluding hydrogens is 280 g/mol. The molecule has 2 rings (SSSR count). The van der Waals surface area contributed by atoms with Gasteiger partial charge in [0.1, 0.15) is 6.26 Å². The summed E-state index contributed by atoms with van der Waals surface area (Å²) in [6.45, 7) is 5.93. The van der Waals surface area contributed by atoms with Crippen molar-refractivity contribution >= 4 is 5.91 Å². The van der Waals surface area contributed by atoms with Crippen LogP contribution in [-0.2, 0) is 0 Å². The summed E-state index contributed by atoms with van der Waals surface area (Å²) in [7, 11) is 2.14. The Morgan fingerprint density at radius 2 is 2.41 bits per heavy atom. The highest BCUT2D eigenvalue weighted by Gasteiger charge is 2.22. The number of hydrogen-bond acceptors (Lipinski definition) is 5. The Morgan fingerprint density at radius 1 is 1.64 bits per heavy atom. The minimum absolute atomic E-state index is 0.188. The third kappa shape index (κ3) is 4.08. The summed E-state index contributed by atoms with van der Waals surface area (Å²) in [6.07, 6.45) is 5.77. The van der Waals surface area contributed by atoms with Crippen LogP contribution in [0.4, 0.5) is 0 Å². The van der Waals surface area contributed by atoms with Crippen LogP contribution < -0.4 is 11.1 Å². The van der Waals surface area contributed by atoms with Crippen LogP contribution in [0.2, 0.25) is 0 Å². The van der Waals surface area contributed by atoms with E-state index in [0.717, 1.165) is 19.4 Å². The van der Waals surface area contributed by atoms with Crippen molar-refractivity contribution in [2.75, 3.05) is 20.1 Å². The highest BCUT2D eigenvalue weighted by molar-refractivity contribution is 5.91. The van der Waals surface area contributed by atoms with Gasteiger partial charge in [-0.25, -0.2) is 4.98 Å². The van der Waals surface area contributed by atoms with Gasteiger partial charge in [-0.3, -0.25) is 4.79 Å². The fourth-order valence-electron chi connectivity index (χ4n) is 2.83. The fourth-order valence-corrected chi connectivity index (χ4v) is 2.83.